The minimum absolute atomic E-state index is 0.289. The van der Waals surface area contributed by atoms with Gasteiger partial charge in [-0.05, 0) is 30.0 Å². The summed E-state index contributed by atoms with van der Waals surface area (Å²) < 4.78 is 0. The summed E-state index contributed by atoms with van der Waals surface area (Å²) in [5, 5.41) is 1.98. The number of thiophene rings is 1. The molecule has 0 unspecified atom stereocenters. The van der Waals surface area contributed by atoms with E-state index in [4.69, 9.17) is 5.84 Å². The molecule has 0 aliphatic rings. The van der Waals surface area contributed by atoms with Crippen LogP contribution in [0.5, 0.6) is 0 Å². The molecule has 3 N–H and O–H groups in total. The van der Waals surface area contributed by atoms with Crippen molar-refractivity contribution in [3.05, 3.63) is 28.0 Å². The Kier molecular flexibility index (Phi) is 3.01. The molecule has 1 amide bonds. The van der Waals surface area contributed by atoms with E-state index >= 15 is 0 Å². The molecule has 12 heavy (non-hydrogen) atoms. The number of rotatable bonds is 2. The van der Waals surface area contributed by atoms with Crippen LogP contribution >= 0.6 is 11.3 Å². The van der Waals surface area contributed by atoms with Crippen molar-refractivity contribution in [3.8, 4) is 0 Å². The van der Waals surface area contributed by atoms with E-state index in [0.717, 1.165) is 4.88 Å². The van der Waals surface area contributed by atoms with Crippen LogP contribution in [0.15, 0.2) is 17.5 Å². The van der Waals surface area contributed by atoms with E-state index in [1.165, 1.54) is 11.6 Å². The van der Waals surface area contributed by atoms with Gasteiger partial charge in [0.05, 0.1) is 0 Å². The van der Waals surface area contributed by atoms with Gasteiger partial charge in [-0.25, -0.2) is 5.84 Å². The lowest BCUT2D eigenvalue weighted by Gasteiger charge is -1.90. The highest BCUT2D eigenvalue weighted by molar-refractivity contribution is 7.11. The molecule has 1 heterocycles. The molecule has 1 aromatic rings. The van der Waals surface area contributed by atoms with Gasteiger partial charge in [0.1, 0.15) is 0 Å². The maximum absolute atomic E-state index is 10.7. The molecule has 0 radical (unpaired) electrons. The number of hydrogen-bond acceptors (Lipinski definition) is 3. The quantitative estimate of drug-likeness (QED) is 0.311. The summed E-state index contributed by atoms with van der Waals surface area (Å²) >= 11 is 1.59. The van der Waals surface area contributed by atoms with Crippen molar-refractivity contribution in [2.24, 2.45) is 5.84 Å². The molecule has 0 fully saturated rings. The Hall–Kier alpha value is -1.13. The second-order valence-corrected chi connectivity index (χ2v) is 3.26. The highest BCUT2D eigenvalue weighted by Gasteiger charge is 1.95. The van der Waals surface area contributed by atoms with E-state index in [9.17, 15) is 4.79 Å². The van der Waals surface area contributed by atoms with E-state index in [0.29, 0.717) is 0 Å². The molecule has 4 heteroatoms. The molecule has 1 aromatic heterocycles. The Morgan fingerprint density at radius 1 is 1.75 bits per heavy atom. The van der Waals surface area contributed by atoms with Gasteiger partial charge in [-0.1, -0.05) is 0 Å². The molecule has 0 aromatic carbocycles. The average Bonchev–Trinajstić information content (AvgIpc) is 2.47. The SMILES string of the molecule is Cc1ccsc1/C=C/C(=O)NN. The first-order chi connectivity index (χ1) is 5.74. The van der Waals surface area contributed by atoms with Gasteiger partial charge in [0.15, 0.2) is 0 Å². The Morgan fingerprint density at radius 3 is 3.00 bits per heavy atom. The molecule has 0 aliphatic heterocycles. The van der Waals surface area contributed by atoms with Crippen LogP contribution in [0.3, 0.4) is 0 Å². The number of hydrogen-bond donors (Lipinski definition) is 2. The van der Waals surface area contributed by atoms with Gasteiger partial charge in [0.25, 0.3) is 5.91 Å². The number of nitrogens with two attached hydrogens (primary N) is 1. The summed E-state index contributed by atoms with van der Waals surface area (Å²) in [7, 11) is 0. The third-order valence-corrected chi connectivity index (χ3v) is 2.41. The van der Waals surface area contributed by atoms with Crippen LogP contribution in [0.4, 0.5) is 0 Å². The third-order valence-electron chi connectivity index (χ3n) is 1.43. The first-order valence-electron chi connectivity index (χ1n) is 3.47. The van der Waals surface area contributed by atoms with Gasteiger partial charge >= 0.3 is 0 Å². The minimum Gasteiger partial charge on any atom is -0.291 e. The van der Waals surface area contributed by atoms with Gasteiger partial charge in [0.2, 0.25) is 0 Å². The lowest BCUT2D eigenvalue weighted by Crippen LogP contribution is -2.27. The van der Waals surface area contributed by atoms with Gasteiger partial charge in [-0.15, -0.1) is 11.3 Å². The first-order valence-corrected chi connectivity index (χ1v) is 4.34. The highest BCUT2D eigenvalue weighted by atomic mass is 32.1. The molecule has 3 nitrogen and oxygen atoms in total. The minimum atomic E-state index is -0.289. The number of nitrogens with one attached hydrogen (secondary N) is 1. The van der Waals surface area contributed by atoms with Gasteiger partial charge in [-0.2, -0.15) is 0 Å². The zero-order valence-corrected chi connectivity index (χ0v) is 7.52. The lowest BCUT2D eigenvalue weighted by atomic mass is 10.3. The molecule has 0 saturated heterocycles. The van der Waals surface area contributed by atoms with Crippen LogP contribution < -0.4 is 11.3 Å². The van der Waals surface area contributed by atoms with Crippen molar-refractivity contribution in [3.63, 3.8) is 0 Å². The van der Waals surface area contributed by atoms with Crippen molar-refractivity contribution in [1.29, 1.82) is 0 Å². The Bertz CT molecular complexity index is 304. The molecule has 0 atom stereocenters. The van der Waals surface area contributed by atoms with Crippen molar-refractivity contribution in [2.75, 3.05) is 0 Å². The maximum Gasteiger partial charge on any atom is 0.257 e. The Morgan fingerprint density at radius 2 is 2.50 bits per heavy atom. The molecule has 0 saturated carbocycles. The number of amides is 1. The van der Waals surface area contributed by atoms with Crippen molar-refractivity contribution in [1.82, 2.24) is 5.43 Å². The molecular weight excluding hydrogens is 172 g/mol. The Balaban J connectivity index is 2.69. The molecule has 64 valence electrons. The van der Waals surface area contributed by atoms with E-state index < -0.39 is 0 Å². The third kappa shape index (κ3) is 2.18. The topological polar surface area (TPSA) is 55.1 Å². The Labute approximate surface area is 74.9 Å². The van der Waals surface area contributed by atoms with Crippen molar-refractivity contribution < 1.29 is 4.79 Å². The highest BCUT2D eigenvalue weighted by Crippen LogP contribution is 2.16. The van der Waals surface area contributed by atoms with Crippen LogP contribution in [0.25, 0.3) is 6.08 Å². The van der Waals surface area contributed by atoms with Crippen molar-refractivity contribution >= 4 is 23.3 Å². The van der Waals surface area contributed by atoms with E-state index in [1.807, 2.05) is 23.8 Å². The van der Waals surface area contributed by atoms with E-state index in [-0.39, 0.29) is 5.91 Å². The normalized spacial score (nSPS) is 10.5. The van der Waals surface area contributed by atoms with Gasteiger partial charge in [-0.3, -0.25) is 10.2 Å². The van der Waals surface area contributed by atoms with Crippen LogP contribution in [0.2, 0.25) is 0 Å². The maximum atomic E-state index is 10.7. The van der Waals surface area contributed by atoms with Crippen molar-refractivity contribution in [2.45, 2.75) is 6.92 Å². The largest absolute Gasteiger partial charge is 0.291 e. The van der Waals surface area contributed by atoms with Crippen LogP contribution in [0, 0.1) is 6.92 Å². The summed E-state index contributed by atoms with van der Waals surface area (Å²) in [6.45, 7) is 2.00. The molecule has 0 bridgehead atoms. The number of carbonyl (C=O) groups excluding carboxylic acids is 1. The fourth-order valence-corrected chi connectivity index (χ4v) is 1.57. The zero-order valence-electron chi connectivity index (χ0n) is 6.70. The summed E-state index contributed by atoms with van der Waals surface area (Å²) in [6, 6.07) is 2.00. The average molecular weight is 182 g/mol. The summed E-state index contributed by atoms with van der Waals surface area (Å²) in [5.74, 6) is 4.61. The molecule has 1 rings (SSSR count). The molecule has 0 spiro atoms. The lowest BCUT2D eigenvalue weighted by molar-refractivity contribution is -0.116. The fourth-order valence-electron chi connectivity index (χ4n) is 0.755. The molecule has 0 aliphatic carbocycles. The molecular formula is C8H10N2OS. The fraction of sp³-hybridized carbons (Fsp3) is 0.125. The summed E-state index contributed by atoms with van der Waals surface area (Å²) in [5.41, 5.74) is 3.19. The van der Waals surface area contributed by atoms with Gasteiger partial charge in [0, 0.05) is 11.0 Å². The first kappa shape index (κ1) is 8.96. The predicted molar refractivity (Wildman–Crippen MR) is 50.4 cm³/mol. The van der Waals surface area contributed by atoms with E-state index in [2.05, 4.69) is 0 Å². The number of hydrazine groups is 1. The summed E-state index contributed by atoms with van der Waals surface area (Å²) in [6.07, 6.45) is 3.17. The monoisotopic (exact) mass is 182 g/mol. The van der Waals surface area contributed by atoms with E-state index in [1.54, 1.807) is 17.4 Å². The second kappa shape index (κ2) is 4.04. The van der Waals surface area contributed by atoms with Crippen LogP contribution in [-0.4, -0.2) is 5.91 Å². The van der Waals surface area contributed by atoms with Crippen LogP contribution in [-0.2, 0) is 4.79 Å². The van der Waals surface area contributed by atoms with Gasteiger partial charge < -0.3 is 0 Å². The zero-order chi connectivity index (χ0) is 8.97. The predicted octanol–water partition coefficient (Wildman–Crippen LogP) is 1.06. The second-order valence-electron chi connectivity index (χ2n) is 2.31. The number of aryl methyl sites for hydroxylation is 1. The standard InChI is InChI=1S/C8H10N2OS/c1-6-4-5-12-7(6)2-3-8(11)10-9/h2-5H,9H2,1H3,(H,10,11)/b3-2+. The summed E-state index contributed by atoms with van der Waals surface area (Å²) in [4.78, 5) is 11.8. The van der Waals surface area contributed by atoms with Crippen LogP contribution in [0.1, 0.15) is 10.4 Å². The number of carbonyl (C=O) groups is 1. The smallest absolute Gasteiger partial charge is 0.257 e.